The van der Waals surface area contributed by atoms with E-state index < -0.39 is 0 Å². The first-order valence-electron chi connectivity index (χ1n) is 10.2. The average Bonchev–Trinajstić information content (AvgIpc) is 3.39. The van der Waals surface area contributed by atoms with Crippen molar-refractivity contribution in [1.82, 2.24) is 20.3 Å². The van der Waals surface area contributed by atoms with E-state index in [2.05, 4.69) is 42.7 Å². The normalized spacial score (nSPS) is 12.4. The first-order chi connectivity index (χ1) is 15.0. The van der Waals surface area contributed by atoms with Crippen LogP contribution in [0.25, 0.3) is 22.3 Å². The van der Waals surface area contributed by atoms with Crippen LogP contribution in [0.1, 0.15) is 35.5 Å². The molecule has 1 aliphatic heterocycles. The summed E-state index contributed by atoms with van der Waals surface area (Å²) >= 11 is 0. The van der Waals surface area contributed by atoms with Gasteiger partial charge in [0.25, 0.3) is 5.91 Å². The Labute approximate surface area is 179 Å². The van der Waals surface area contributed by atoms with Crippen LogP contribution in [0.5, 0.6) is 0 Å². The highest BCUT2D eigenvalue weighted by atomic mass is 16.1. The van der Waals surface area contributed by atoms with Gasteiger partial charge in [0.2, 0.25) is 0 Å². The molecule has 0 bridgehead atoms. The molecule has 3 N–H and O–H groups in total. The lowest BCUT2D eigenvalue weighted by Gasteiger charge is -2.09. The number of aliphatic imine (C=N–C) groups is 1. The van der Waals surface area contributed by atoms with Crippen molar-refractivity contribution in [1.29, 1.82) is 0 Å². The third-order valence-electron chi connectivity index (χ3n) is 5.11. The summed E-state index contributed by atoms with van der Waals surface area (Å²) in [5, 5.41) is 7.22. The number of hydrogen-bond acceptors (Lipinski definition) is 5. The SMILES string of the molecule is CC(C)NC(=O)c1cc2ccc(-c3nccc(Nc4ccc5c(c4)CN=C5)n3)cc2[nH]1. The van der Waals surface area contributed by atoms with Crippen LogP contribution in [0.3, 0.4) is 0 Å². The smallest absolute Gasteiger partial charge is 0.267 e. The molecule has 2 aromatic heterocycles. The number of anilines is 2. The number of nitrogens with one attached hydrogen (secondary N) is 3. The first-order valence-corrected chi connectivity index (χ1v) is 10.2. The number of amides is 1. The number of carbonyl (C=O) groups excluding carboxylic acids is 1. The molecule has 0 radical (unpaired) electrons. The van der Waals surface area contributed by atoms with Crippen molar-refractivity contribution in [3.05, 3.63) is 71.5 Å². The molecule has 0 saturated carbocycles. The highest BCUT2D eigenvalue weighted by Gasteiger charge is 2.12. The van der Waals surface area contributed by atoms with E-state index in [0.29, 0.717) is 23.9 Å². The summed E-state index contributed by atoms with van der Waals surface area (Å²) in [6.45, 7) is 4.59. The van der Waals surface area contributed by atoms with Crippen LogP contribution in [0.15, 0.2) is 59.7 Å². The number of rotatable bonds is 5. The molecule has 31 heavy (non-hydrogen) atoms. The highest BCUT2D eigenvalue weighted by Crippen LogP contribution is 2.25. The summed E-state index contributed by atoms with van der Waals surface area (Å²) in [6, 6.07) is 15.9. The molecule has 7 nitrogen and oxygen atoms in total. The number of fused-ring (bicyclic) bond motifs is 2. The predicted octanol–water partition coefficient (Wildman–Crippen LogP) is 4.44. The maximum Gasteiger partial charge on any atom is 0.267 e. The number of benzene rings is 2. The fourth-order valence-electron chi connectivity index (χ4n) is 3.63. The van der Waals surface area contributed by atoms with Crippen molar-refractivity contribution < 1.29 is 4.79 Å². The molecule has 0 fully saturated rings. The molecule has 4 aromatic rings. The third-order valence-corrected chi connectivity index (χ3v) is 5.11. The van der Waals surface area contributed by atoms with Crippen LogP contribution in [0, 0.1) is 0 Å². The largest absolute Gasteiger partial charge is 0.351 e. The molecule has 5 rings (SSSR count). The summed E-state index contributed by atoms with van der Waals surface area (Å²) in [5.74, 6) is 1.21. The van der Waals surface area contributed by atoms with Crippen LogP contribution >= 0.6 is 0 Å². The summed E-state index contributed by atoms with van der Waals surface area (Å²) in [4.78, 5) is 28.9. The molecule has 1 aliphatic rings. The van der Waals surface area contributed by atoms with Gasteiger partial charge in [0, 0.05) is 40.6 Å². The van der Waals surface area contributed by atoms with E-state index in [9.17, 15) is 4.79 Å². The third kappa shape index (κ3) is 3.90. The second-order valence-electron chi connectivity index (χ2n) is 7.89. The molecule has 0 saturated heterocycles. The van der Waals surface area contributed by atoms with Crippen LogP contribution in [-0.4, -0.2) is 33.1 Å². The molecule has 154 valence electrons. The topological polar surface area (TPSA) is 95.1 Å². The molecular weight excluding hydrogens is 388 g/mol. The standard InChI is InChI=1S/C24H22N6O/c1-14(2)27-24(31)21-10-15-3-4-16(11-20(15)29-21)23-26-8-7-22(30-23)28-19-6-5-17-12-25-13-18(17)9-19/h3-12,14,29H,13H2,1-2H3,(H,27,31)(H,26,28,30). The van der Waals surface area contributed by atoms with Gasteiger partial charge in [0.1, 0.15) is 11.5 Å². The van der Waals surface area contributed by atoms with Gasteiger partial charge in [0.05, 0.1) is 6.54 Å². The maximum atomic E-state index is 12.3. The minimum atomic E-state index is -0.116. The zero-order valence-electron chi connectivity index (χ0n) is 17.3. The fraction of sp³-hybridized carbons (Fsp3) is 0.167. The summed E-state index contributed by atoms with van der Waals surface area (Å²) in [7, 11) is 0. The van der Waals surface area contributed by atoms with E-state index >= 15 is 0 Å². The number of aromatic amines is 1. The second-order valence-corrected chi connectivity index (χ2v) is 7.89. The van der Waals surface area contributed by atoms with Crippen molar-refractivity contribution in [2.45, 2.75) is 26.4 Å². The van der Waals surface area contributed by atoms with Crippen molar-refractivity contribution in [3.8, 4) is 11.4 Å². The van der Waals surface area contributed by atoms with Crippen molar-refractivity contribution in [2.75, 3.05) is 5.32 Å². The van der Waals surface area contributed by atoms with Crippen molar-refractivity contribution in [2.24, 2.45) is 4.99 Å². The number of aromatic nitrogens is 3. The zero-order valence-corrected chi connectivity index (χ0v) is 17.3. The van der Waals surface area contributed by atoms with Gasteiger partial charge in [-0.25, -0.2) is 9.97 Å². The number of H-pyrrole nitrogens is 1. The predicted molar refractivity (Wildman–Crippen MR) is 123 cm³/mol. The molecule has 0 aliphatic carbocycles. The summed E-state index contributed by atoms with van der Waals surface area (Å²) in [5.41, 5.74) is 5.61. The van der Waals surface area contributed by atoms with Gasteiger partial charge in [-0.15, -0.1) is 0 Å². The van der Waals surface area contributed by atoms with Gasteiger partial charge in [0.15, 0.2) is 5.82 Å². The molecule has 0 atom stereocenters. The average molecular weight is 410 g/mol. The molecule has 3 heterocycles. The van der Waals surface area contributed by atoms with E-state index in [0.717, 1.165) is 27.7 Å². The first kappa shape index (κ1) is 19.0. The number of carbonyl (C=O) groups is 1. The Bertz CT molecular complexity index is 1320. The maximum absolute atomic E-state index is 12.3. The summed E-state index contributed by atoms with van der Waals surface area (Å²) in [6.07, 6.45) is 3.64. The van der Waals surface area contributed by atoms with Crippen LogP contribution in [0.4, 0.5) is 11.5 Å². The van der Waals surface area contributed by atoms with E-state index in [1.54, 1.807) is 6.20 Å². The minimum absolute atomic E-state index is 0.0799. The van der Waals surface area contributed by atoms with Crippen LogP contribution < -0.4 is 10.6 Å². The van der Waals surface area contributed by atoms with Crippen molar-refractivity contribution >= 4 is 34.5 Å². The van der Waals surface area contributed by atoms with Gasteiger partial charge in [-0.3, -0.25) is 9.79 Å². The van der Waals surface area contributed by atoms with E-state index in [-0.39, 0.29) is 11.9 Å². The lowest BCUT2D eigenvalue weighted by Crippen LogP contribution is -2.30. The molecule has 1 amide bonds. The Hall–Kier alpha value is -4.00. The Morgan fingerprint density at radius 1 is 1.10 bits per heavy atom. The zero-order chi connectivity index (χ0) is 21.4. The number of nitrogens with zero attached hydrogens (tertiary/aromatic N) is 3. The number of hydrogen-bond donors (Lipinski definition) is 3. The van der Waals surface area contributed by atoms with Crippen LogP contribution in [0.2, 0.25) is 0 Å². The molecule has 0 spiro atoms. The monoisotopic (exact) mass is 410 g/mol. The van der Waals surface area contributed by atoms with Gasteiger partial charge < -0.3 is 15.6 Å². The Balaban J connectivity index is 1.40. The van der Waals surface area contributed by atoms with Crippen molar-refractivity contribution in [3.63, 3.8) is 0 Å². The highest BCUT2D eigenvalue weighted by molar-refractivity contribution is 5.98. The van der Waals surface area contributed by atoms with Gasteiger partial charge in [-0.1, -0.05) is 18.2 Å². The fourth-order valence-corrected chi connectivity index (χ4v) is 3.63. The quantitative estimate of drug-likeness (QED) is 0.453. The molecule has 0 unspecified atom stereocenters. The Morgan fingerprint density at radius 3 is 2.87 bits per heavy atom. The van der Waals surface area contributed by atoms with E-state index in [1.807, 2.05) is 56.5 Å². The Morgan fingerprint density at radius 2 is 2.00 bits per heavy atom. The van der Waals surface area contributed by atoms with E-state index in [1.165, 1.54) is 5.56 Å². The molecular formula is C24H22N6O. The lowest BCUT2D eigenvalue weighted by atomic mass is 10.1. The molecule has 2 aromatic carbocycles. The Kier molecular flexibility index (Phi) is 4.71. The van der Waals surface area contributed by atoms with Gasteiger partial charge in [-0.2, -0.15) is 0 Å². The summed E-state index contributed by atoms with van der Waals surface area (Å²) < 4.78 is 0. The molecule has 7 heteroatoms. The lowest BCUT2D eigenvalue weighted by molar-refractivity contribution is 0.0939. The minimum Gasteiger partial charge on any atom is -0.351 e. The van der Waals surface area contributed by atoms with Gasteiger partial charge >= 0.3 is 0 Å². The second kappa shape index (κ2) is 7.68. The van der Waals surface area contributed by atoms with Crippen LogP contribution in [-0.2, 0) is 6.54 Å². The van der Waals surface area contributed by atoms with E-state index in [4.69, 9.17) is 0 Å². The van der Waals surface area contributed by atoms with Gasteiger partial charge in [-0.05, 0) is 55.3 Å².